The number of nitrogens with zero attached hydrogens (tertiary/aromatic N) is 1. The molecule has 1 aromatic carbocycles. The maximum Gasteiger partial charge on any atom is 0.152 e. The summed E-state index contributed by atoms with van der Waals surface area (Å²) >= 11 is 5.98. The van der Waals surface area contributed by atoms with Crippen LogP contribution in [0.3, 0.4) is 0 Å². The Bertz CT molecular complexity index is 369. The summed E-state index contributed by atoms with van der Waals surface area (Å²) in [5.41, 5.74) is 0. The van der Waals surface area contributed by atoms with E-state index in [9.17, 15) is 0 Å². The van der Waals surface area contributed by atoms with Crippen LogP contribution in [0.15, 0.2) is 24.3 Å². The van der Waals surface area contributed by atoms with Crippen LogP contribution in [-0.2, 0) is 0 Å². The lowest BCUT2D eigenvalue weighted by atomic mass is 10.2. The van der Waals surface area contributed by atoms with Crippen molar-refractivity contribution in [3.63, 3.8) is 0 Å². The van der Waals surface area contributed by atoms with Gasteiger partial charge in [-0.05, 0) is 37.5 Å². The molecule has 18 heavy (non-hydrogen) atoms. The molecule has 1 saturated heterocycles. The fourth-order valence-electron chi connectivity index (χ4n) is 2.45. The summed E-state index contributed by atoms with van der Waals surface area (Å²) in [5.74, 6) is 0.884. The van der Waals surface area contributed by atoms with E-state index in [-0.39, 0.29) is 6.23 Å². The van der Waals surface area contributed by atoms with Crippen molar-refractivity contribution in [2.75, 3.05) is 13.1 Å². The van der Waals surface area contributed by atoms with E-state index in [1.54, 1.807) is 0 Å². The first-order valence-electron chi connectivity index (χ1n) is 6.96. The molecule has 0 aliphatic carbocycles. The highest BCUT2D eigenvalue weighted by Crippen LogP contribution is 2.24. The van der Waals surface area contributed by atoms with Crippen LogP contribution in [0.25, 0.3) is 0 Å². The highest BCUT2D eigenvalue weighted by molar-refractivity contribution is 6.30. The van der Waals surface area contributed by atoms with Crippen LogP contribution in [-0.4, -0.2) is 24.2 Å². The van der Waals surface area contributed by atoms with Gasteiger partial charge < -0.3 is 4.74 Å². The maximum atomic E-state index is 6.04. The van der Waals surface area contributed by atoms with Crippen LogP contribution < -0.4 is 4.74 Å². The zero-order valence-corrected chi connectivity index (χ0v) is 11.8. The van der Waals surface area contributed by atoms with Crippen LogP contribution >= 0.6 is 11.6 Å². The van der Waals surface area contributed by atoms with Gasteiger partial charge in [0.2, 0.25) is 0 Å². The molecule has 0 saturated carbocycles. The number of benzene rings is 1. The van der Waals surface area contributed by atoms with Crippen LogP contribution in [0.2, 0.25) is 5.02 Å². The molecule has 3 heteroatoms. The summed E-state index contributed by atoms with van der Waals surface area (Å²) in [5, 5.41) is 0.739. The van der Waals surface area contributed by atoms with Crippen molar-refractivity contribution in [2.45, 2.75) is 45.3 Å². The van der Waals surface area contributed by atoms with Gasteiger partial charge >= 0.3 is 0 Å². The molecule has 0 spiro atoms. The summed E-state index contributed by atoms with van der Waals surface area (Å²) in [6, 6.07) is 7.69. The average Bonchev–Trinajstić information content (AvgIpc) is 2.77. The van der Waals surface area contributed by atoms with E-state index in [4.69, 9.17) is 16.3 Å². The van der Waals surface area contributed by atoms with Gasteiger partial charge in [-0.3, -0.25) is 4.90 Å². The van der Waals surface area contributed by atoms with E-state index in [2.05, 4.69) is 11.8 Å². The summed E-state index contributed by atoms with van der Waals surface area (Å²) in [6.07, 6.45) is 6.44. The Kier molecular flexibility index (Phi) is 5.33. The lowest BCUT2D eigenvalue weighted by Crippen LogP contribution is -2.34. The maximum absolute atomic E-state index is 6.04. The van der Waals surface area contributed by atoms with E-state index in [1.165, 1.54) is 25.7 Å². The van der Waals surface area contributed by atoms with E-state index < -0.39 is 0 Å². The Labute approximate surface area is 115 Å². The molecule has 1 fully saturated rings. The molecule has 2 nitrogen and oxygen atoms in total. The number of hydrogen-bond acceptors (Lipinski definition) is 2. The van der Waals surface area contributed by atoms with Crippen LogP contribution in [0.4, 0.5) is 0 Å². The van der Waals surface area contributed by atoms with Crippen molar-refractivity contribution in [2.24, 2.45) is 0 Å². The second kappa shape index (κ2) is 7.01. The Morgan fingerprint density at radius 2 is 2.28 bits per heavy atom. The first-order valence-corrected chi connectivity index (χ1v) is 7.33. The summed E-state index contributed by atoms with van der Waals surface area (Å²) in [4.78, 5) is 2.45. The molecule has 1 aromatic rings. The Balaban J connectivity index is 1.87. The molecule has 1 unspecified atom stereocenters. The van der Waals surface area contributed by atoms with Gasteiger partial charge in [-0.25, -0.2) is 0 Å². The Morgan fingerprint density at radius 3 is 3.06 bits per heavy atom. The van der Waals surface area contributed by atoms with Crippen molar-refractivity contribution in [3.05, 3.63) is 29.3 Å². The minimum Gasteiger partial charge on any atom is -0.475 e. The van der Waals surface area contributed by atoms with Crippen molar-refractivity contribution >= 4 is 11.6 Å². The van der Waals surface area contributed by atoms with Crippen LogP contribution in [0.1, 0.15) is 39.0 Å². The van der Waals surface area contributed by atoms with Crippen molar-refractivity contribution in [1.29, 1.82) is 0 Å². The average molecular weight is 268 g/mol. The zero-order chi connectivity index (χ0) is 12.8. The third-order valence-electron chi connectivity index (χ3n) is 3.42. The second-order valence-electron chi connectivity index (χ2n) is 4.92. The third-order valence-corrected chi connectivity index (χ3v) is 3.66. The number of ether oxygens (including phenoxy) is 1. The van der Waals surface area contributed by atoms with Gasteiger partial charge in [-0.1, -0.05) is 37.4 Å². The van der Waals surface area contributed by atoms with E-state index in [1.807, 2.05) is 24.3 Å². The van der Waals surface area contributed by atoms with Gasteiger partial charge in [-0.2, -0.15) is 0 Å². The number of rotatable bonds is 6. The Hall–Kier alpha value is -0.730. The first-order chi connectivity index (χ1) is 8.79. The van der Waals surface area contributed by atoms with Gasteiger partial charge in [-0.15, -0.1) is 0 Å². The zero-order valence-electron chi connectivity index (χ0n) is 11.1. The molecule has 1 atom stereocenters. The molecule has 1 heterocycles. The molecular weight excluding hydrogens is 246 g/mol. The normalized spacial score (nSPS) is 20.2. The smallest absolute Gasteiger partial charge is 0.152 e. The first kappa shape index (κ1) is 13.7. The van der Waals surface area contributed by atoms with E-state index >= 15 is 0 Å². The highest BCUT2D eigenvalue weighted by Gasteiger charge is 2.25. The van der Waals surface area contributed by atoms with Gasteiger partial charge in [0.15, 0.2) is 6.23 Å². The molecule has 0 amide bonds. The highest BCUT2D eigenvalue weighted by atomic mass is 35.5. The van der Waals surface area contributed by atoms with Crippen molar-refractivity contribution in [1.82, 2.24) is 4.90 Å². The van der Waals surface area contributed by atoms with Gasteiger partial charge in [0.1, 0.15) is 5.75 Å². The summed E-state index contributed by atoms with van der Waals surface area (Å²) < 4.78 is 6.04. The molecule has 0 radical (unpaired) electrons. The van der Waals surface area contributed by atoms with Crippen molar-refractivity contribution in [3.8, 4) is 5.75 Å². The number of unbranched alkanes of at least 4 members (excludes halogenated alkanes) is 2. The van der Waals surface area contributed by atoms with Gasteiger partial charge in [0, 0.05) is 18.1 Å². The predicted octanol–water partition coefficient (Wildman–Crippen LogP) is 4.33. The molecule has 100 valence electrons. The molecule has 0 aromatic heterocycles. The summed E-state index contributed by atoms with van der Waals surface area (Å²) in [7, 11) is 0. The number of halogens is 1. The molecule has 0 bridgehead atoms. The Morgan fingerprint density at radius 1 is 1.39 bits per heavy atom. The second-order valence-corrected chi connectivity index (χ2v) is 5.35. The van der Waals surface area contributed by atoms with Gasteiger partial charge in [0.05, 0.1) is 0 Å². The van der Waals surface area contributed by atoms with Crippen molar-refractivity contribution < 1.29 is 4.74 Å². The van der Waals surface area contributed by atoms with Gasteiger partial charge in [0.25, 0.3) is 0 Å². The predicted molar refractivity (Wildman–Crippen MR) is 76.2 cm³/mol. The van der Waals surface area contributed by atoms with Crippen LogP contribution in [0, 0.1) is 0 Å². The minimum atomic E-state index is 0.236. The molecule has 2 rings (SSSR count). The fourth-order valence-corrected chi connectivity index (χ4v) is 2.63. The van der Waals surface area contributed by atoms with E-state index in [0.717, 1.165) is 30.3 Å². The number of likely N-dealkylation sites (tertiary alicyclic amines) is 1. The number of hydrogen-bond donors (Lipinski definition) is 0. The lowest BCUT2D eigenvalue weighted by molar-refractivity contribution is 0.0595. The third kappa shape index (κ3) is 3.89. The van der Waals surface area contributed by atoms with Crippen LogP contribution in [0.5, 0.6) is 5.75 Å². The molecular formula is C15H22ClNO. The lowest BCUT2D eigenvalue weighted by Gasteiger charge is -2.25. The fraction of sp³-hybridized carbons (Fsp3) is 0.600. The molecule has 1 aliphatic rings. The SMILES string of the molecule is CCCCCN1CCCC1Oc1cccc(Cl)c1. The van der Waals surface area contributed by atoms with E-state index in [0.29, 0.717) is 0 Å². The largest absolute Gasteiger partial charge is 0.475 e. The molecule has 1 aliphatic heterocycles. The quantitative estimate of drug-likeness (QED) is 0.712. The monoisotopic (exact) mass is 267 g/mol. The standard InChI is InChI=1S/C15H22ClNO/c1-2-3-4-10-17-11-6-9-15(17)18-14-8-5-7-13(16)12-14/h5,7-8,12,15H,2-4,6,9-11H2,1H3. The summed E-state index contributed by atoms with van der Waals surface area (Å²) in [6.45, 7) is 4.55. The molecule has 0 N–H and O–H groups in total. The minimum absolute atomic E-state index is 0.236. The topological polar surface area (TPSA) is 12.5 Å².